The third-order valence-corrected chi connectivity index (χ3v) is 1.50. The fourth-order valence-electron chi connectivity index (χ4n) is 0.674. The molecule has 0 aliphatic carbocycles. The van der Waals surface area contributed by atoms with Crippen molar-refractivity contribution in [2.75, 3.05) is 12.4 Å². The molecule has 3 nitrogen and oxygen atoms in total. The Kier molecular flexibility index (Phi) is 2.93. The minimum absolute atomic E-state index is 0.390. The van der Waals surface area contributed by atoms with Crippen LogP contribution in [0.25, 0.3) is 0 Å². The van der Waals surface area contributed by atoms with E-state index in [2.05, 4.69) is 15.6 Å². The highest BCUT2D eigenvalue weighted by Crippen LogP contribution is 2.05. The van der Waals surface area contributed by atoms with Crippen LogP contribution in [0.4, 0.5) is 10.1 Å². The lowest BCUT2D eigenvalue weighted by atomic mass is 10.4. The summed E-state index contributed by atoms with van der Waals surface area (Å²) in [6, 6.07) is 1.32. The number of nitrogens with zero attached hydrogens (tertiary/aromatic N) is 1. The lowest BCUT2D eigenvalue weighted by Gasteiger charge is -2.05. The van der Waals surface area contributed by atoms with Crippen molar-refractivity contribution in [3.05, 3.63) is 24.3 Å². The highest BCUT2D eigenvalue weighted by molar-refractivity contribution is 7.80. The summed E-state index contributed by atoms with van der Waals surface area (Å²) in [5.74, 6) is -0.390. The molecule has 0 bridgehead atoms. The first-order chi connectivity index (χ1) is 5.72. The molecule has 1 aromatic rings. The minimum Gasteiger partial charge on any atom is -0.366 e. The Morgan fingerprint density at radius 1 is 1.58 bits per heavy atom. The van der Waals surface area contributed by atoms with Crippen molar-refractivity contribution in [3.8, 4) is 0 Å². The minimum atomic E-state index is -0.390. The Morgan fingerprint density at radius 3 is 2.92 bits per heavy atom. The number of rotatable bonds is 1. The second kappa shape index (κ2) is 3.96. The third-order valence-electron chi connectivity index (χ3n) is 1.19. The highest BCUT2D eigenvalue weighted by Gasteiger charge is 1.96. The quantitative estimate of drug-likeness (QED) is 0.643. The lowest BCUT2D eigenvalue weighted by Crippen LogP contribution is -2.24. The van der Waals surface area contributed by atoms with E-state index in [1.54, 1.807) is 7.05 Å². The average Bonchev–Trinajstić information content (AvgIpc) is 2.04. The van der Waals surface area contributed by atoms with Crippen molar-refractivity contribution in [1.82, 2.24) is 10.3 Å². The van der Waals surface area contributed by atoms with Crippen LogP contribution in [0.5, 0.6) is 0 Å². The summed E-state index contributed by atoms with van der Waals surface area (Å²) < 4.78 is 12.6. The van der Waals surface area contributed by atoms with Gasteiger partial charge in [-0.2, -0.15) is 0 Å². The monoisotopic (exact) mass is 185 g/mol. The number of aromatic nitrogens is 1. The number of thiocarbonyl (C=S) groups is 1. The van der Waals surface area contributed by atoms with Crippen molar-refractivity contribution in [2.24, 2.45) is 0 Å². The maximum atomic E-state index is 12.6. The van der Waals surface area contributed by atoms with Crippen LogP contribution in [0.15, 0.2) is 18.5 Å². The standard InChI is InChI=1S/C7H8FN3S/c1-9-7(12)11-6-2-5(8)3-10-4-6/h2-4H,1H3,(H2,9,11,12). The van der Waals surface area contributed by atoms with E-state index in [9.17, 15) is 4.39 Å². The summed E-state index contributed by atoms with van der Waals surface area (Å²) in [6.45, 7) is 0. The molecule has 0 atom stereocenters. The van der Waals surface area contributed by atoms with Crippen molar-refractivity contribution < 1.29 is 4.39 Å². The second-order valence-electron chi connectivity index (χ2n) is 2.10. The predicted octanol–water partition coefficient (Wildman–Crippen LogP) is 1.14. The Hall–Kier alpha value is -1.23. The van der Waals surface area contributed by atoms with Crippen LogP contribution in [0.2, 0.25) is 0 Å². The van der Waals surface area contributed by atoms with E-state index in [4.69, 9.17) is 12.2 Å². The van der Waals surface area contributed by atoms with Crippen LogP contribution < -0.4 is 10.6 Å². The zero-order valence-corrected chi connectivity index (χ0v) is 7.28. The van der Waals surface area contributed by atoms with Gasteiger partial charge in [-0.1, -0.05) is 0 Å². The van der Waals surface area contributed by atoms with Gasteiger partial charge >= 0.3 is 0 Å². The summed E-state index contributed by atoms with van der Waals surface area (Å²) in [5.41, 5.74) is 0.536. The number of hydrogen-bond donors (Lipinski definition) is 2. The molecule has 12 heavy (non-hydrogen) atoms. The van der Waals surface area contributed by atoms with Gasteiger partial charge in [-0.3, -0.25) is 4.98 Å². The number of halogens is 1. The van der Waals surface area contributed by atoms with Crippen LogP contribution >= 0.6 is 12.2 Å². The van der Waals surface area contributed by atoms with Crippen molar-refractivity contribution in [3.63, 3.8) is 0 Å². The summed E-state index contributed by atoms with van der Waals surface area (Å²) in [6.07, 6.45) is 2.63. The molecular formula is C7H8FN3S. The molecule has 2 N–H and O–H groups in total. The van der Waals surface area contributed by atoms with Crippen LogP contribution in [-0.2, 0) is 0 Å². The van der Waals surface area contributed by atoms with E-state index < -0.39 is 0 Å². The zero-order chi connectivity index (χ0) is 8.97. The molecule has 1 aromatic heterocycles. The predicted molar refractivity (Wildman–Crippen MR) is 49.5 cm³/mol. The molecule has 1 heterocycles. The highest BCUT2D eigenvalue weighted by atomic mass is 32.1. The summed E-state index contributed by atoms with van der Waals surface area (Å²) in [7, 11) is 1.68. The molecule has 0 unspecified atom stereocenters. The van der Waals surface area contributed by atoms with Gasteiger partial charge in [0.2, 0.25) is 0 Å². The summed E-state index contributed by atoms with van der Waals surface area (Å²) >= 11 is 4.81. The van der Waals surface area contributed by atoms with E-state index >= 15 is 0 Å². The molecule has 0 saturated heterocycles. The molecule has 64 valence electrons. The number of nitrogens with one attached hydrogen (secondary N) is 2. The van der Waals surface area contributed by atoms with Gasteiger partial charge in [-0.25, -0.2) is 4.39 Å². The number of anilines is 1. The summed E-state index contributed by atoms with van der Waals surface area (Å²) in [5, 5.41) is 5.89. The fraction of sp³-hybridized carbons (Fsp3) is 0.143. The van der Waals surface area contributed by atoms with E-state index in [0.29, 0.717) is 10.8 Å². The van der Waals surface area contributed by atoms with Crippen LogP contribution in [0.1, 0.15) is 0 Å². The molecular weight excluding hydrogens is 177 g/mol. The first kappa shape index (κ1) is 8.86. The molecule has 0 amide bonds. The lowest BCUT2D eigenvalue weighted by molar-refractivity contribution is 0.622. The van der Waals surface area contributed by atoms with Gasteiger partial charge in [0, 0.05) is 13.1 Å². The molecule has 0 aliphatic heterocycles. The largest absolute Gasteiger partial charge is 0.366 e. The first-order valence-corrected chi connectivity index (χ1v) is 3.72. The average molecular weight is 185 g/mol. The van der Waals surface area contributed by atoms with Crippen LogP contribution in [-0.4, -0.2) is 17.1 Å². The first-order valence-electron chi connectivity index (χ1n) is 3.31. The topological polar surface area (TPSA) is 37.0 Å². The van der Waals surface area contributed by atoms with Gasteiger partial charge in [-0.15, -0.1) is 0 Å². The van der Waals surface area contributed by atoms with Gasteiger partial charge in [0.05, 0.1) is 18.1 Å². The number of hydrogen-bond acceptors (Lipinski definition) is 2. The molecule has 5 heteroatoms. The van der Waals surface area contributed by atoms with Gasteiger partial charge in [0.1, 0.15) is 5.82 Å². The Labute approximate surface area is 75.0 Å². The van der Waals surface area contributed by atoms with Gasteiger partial charge in [-0.05, 0) is 12.2 Å². The Balaban J connectivity index is 2.69. The third kappa shape index (κ3) is 2.43. The van der Waals surface area contributed by atoms with Gasteiger partial charge in [0.25, 0.3) is 0 Å². The van der Waals surface area contributed by atoms with E-state index in [0.717, 1.165) is 6.20 Å². The molecule has 0 saturated carbocycles. The molecule has 0 spiro atoms. The van der Waals surface area contributed by atoms with E-state index in [1.807, 2.05) is 0 Å². The molecule has 0 aliphatic rings. The van der Waals surface area contributed by atoms with Crippen molar-refractivity contribution in [2.45, 2.75) is 0 Å². The maximum absolute atomic E-state index is 12.6. The van der Waals surface area contributed by atoms with Gasteiger partial charge < -0.3 is 10.6 Å². The molecule has 0 fully saturated rings. The maximum Gasteiger partial charge on any atom is 0.170 e. The van der Waals surface area contributed by atoms with Crippen LogP contribution in [0, 0.1) is 5.82 Å². The fourth-order valence-corrected chi connectivity index (χ4v) is 0.792. The van der Waals surface area contributed by atoms with Crippen molar-refractivity contribution in [1.29, 1.82) is 0 Å². The molecule has 0 aromatic carbocycles. The smallest absolute Gasteiger partial charge is 0.170 e. The van der Waals surface area contributed by atoms with Crippen molar-refractivity contribution >= 4 is 23.0 Å². The summed E-state index contributed by atoms with van der Waals surface area (Å²) in [4.78, 5) is 3.65. The van der Waals surface area contributed by atoms with Crippen LogP contribution in [0.3, 0.4) is 0 Å². The van der Waals surface area contributed by atoms with E-state index in [1.165, 1.54) is 12.3 Å². The zero-order valence-electron chi connectivity index (χ0n) is 6.47. The van der Waals surface area contributed by atoms with Gasteiger partial charge in [0.15, 0.2) is 5.11 Å². The second-order valence-corrected chi connectivity index (χ2v) is 2.50. The molecule has 1 rings (SSSR count). The molecule has 0 radical (unpaired) electrons. The Bertz CT molecular complexity index is 290. The van der Waals surface area contributed by atoms with E-state index in [-0.39, 0.29) is 5.82 Å². The normalized spacial score (nSPS) is 9.17. The Morgan fingerprint density at radius 2 is 2.33 bits per heavy atom. The number of pyridine rings is 1. The SMILES string of the molecule is CNC(=S)Nc1cncc(F)c1.